The highest BCUT2D eigenvalue weighted by molar-refractivity contribution is 14.0. The van der Waals surface area contributed by atoms with E-state index in [1.54, 1.807) is 7.11 Å². The van der Waals surface area contributed by atoms with E-state index in [2.05, 4.69) is 53.4 Å². The van der Waals surface area contributed by atoms with Gasteiger partial charge in [-0.05, 0) is 50.2 Å². The zero-order valence-electron chi connectivity index (χ0n) is 17.5. The molecule has 0 aliphatic carbocycles. The lowest BCUT2D eigenvalue weighted by atomic mass is 10.0. The molecule has 2 rings (SSSR count). The van der Waals surface area contributed by atoms with Crippen LogP contribution in [0.1, 0.15) is 40.0 Å². The van der Waals surface area contributed by atoms with Crippen LogP contribution >= 0.6 is 24.0 Å². The van der Waals surface area contributed by atoms with Crippen molar-refractivity contribution >= 4 is 35.6 Å². The predicted octanol–water partition coefficient (Wildman–Crippen LogP) is 4.13. The Bertz CT molecular complexity index is 579. The summed E-state index contributed by atoms with van der Waals surface area (Å²) in [7, 11) is 3.59. The summed E-state index contributed by atoms with van der Waals surface area (Å²) in [6, 6.07) is 8.72. The molecule has 1 aromatic rings. The van der Waals surface area contributed by atoms with Crippen molar-refractivity contribution in [2.24, 2.45) is 16.8 Å². The Hall–Kier alpha value is -1.18. The second kappa shape index (κ2) is 12.3. The van der Waals surface area contributed by atoms with E-state index in [9.17, 15) is 0 Å². The molecule has 0 aromatic heterocycles. The first kappa shape index (κ1) is 23.9. The topological polar surface area (TPSA) is 48.9 Å². The molecular weight excluding hydrogens is 451 g/mol. The molecule has 2 atom stereocenters. The lowest BCUT2D eigenvalue weighted by Crippen LogP contribution is -2.44. The molecule has 2 N–H and O–H groups in total. The van der Waals surface area contributed by atoms with E-state index in [1.165, 1.54) is 24.9 Å². The van der Waals surface area contributed by atoms with Gasteiger partial charge in [-0.1, -0.05) is 26.0 Å². The third-order valence-electron chi connectivity index (χ3n) is 5.05. The Balaban J connectivity index is 0.00000364. The van der Waals surface area contributed by atoms with E-state index in [0.717, 1.165) is 37.3 Å². The van der Waals surface area contributed by atoms with Crippen LogP contribution in [0, 0.1) is 11.8 Å². The number of benzene rings is 1. The predicted molar refractivity (Wildman–Crippen MR) is 127 cm³/mol. The Kier molecular flexibility index (Phi) is 10.9. The molecule has 1 aromatic carbocycles. The van der Waals surface area contributed by atoms with Crippen LogP contribution in [-0.2, 0) is 0 Å². The van der Waals surface area contributed by atoms with E-state index in [4.69, 9.17) is 4.74 Å². The van der Waals surface area contributed by atoms with E-state index < -0.39 is 0 Å². The van der Waals surface area contributed by atoms with Crippen LogP contribution in [0.2, 0.25) is 0 Å². The third kappa shape index (κ3) is 7.76. The van der Waals surface area contributed by atoms with Gasteiger partial charge in [-0.2, -0.15) is 0 Å². The van der Waals surface area contributed by atoms with Gasteiger partial charge < -0.3 is 20.3 Å². The van der Waals surface area contributed by atoms with Crippen molar-refractivity contribution in [3.8, 4) is 5.75 Å². The number of para-hydroxylation sites is 2. The maximum atomic E-state index is 5.51. The maximum absolute atomic E-state index is 5.51. The van der Waals surface area contributed by atoms with Crippen molar-refractivity contribution in [3.05, 3.63) is 24.3 Å². The molecule has 1 aliphatic heterocycles. The van der Waals surface area contributed by atoms with Gasteiger partial charge in [0.15, 0.2) is 5.96 Å². The van der Waals surface area contributed by atoms with Gasteiger partial charge in [-0.3, -0.25) is 4.99 Å². The van der Waals surface area contributed by atoms with Gasteiger partial charge in [-0.25, -0.2) is 0 Å². The number of nitrogens with zero attached hydrogens (tertiary/aromatic N) is 2. The normalized spacial score (nSPS) is 18.2. The summed E-state index contributed by atoms with van der Waals surface area (Å²) < 4.78 is 5.51. The van der Waals surface area contributed by atoms with Gasteiger partial charge in [0, 0.05) is 32.7 Å². The highest BCUT2D eigenvalue weighted by atomic mass is 127. The van der Waals surface area contributed by atoms with E-state index in [-0.39, 0.29) is 24.0 Å². The molecule has 2 unspecified atom stereocenters. The van der Waals surface area contributed by atoms with Gasteiger partial charge in [0.2, 0.25) is 0 Å². The minimum Gasteiger partial charge on any atom is -0.495 e. The summed E-state index contributed by atoms with van der Waals surface area (Å²) >= 11 is 0. The second-order valence-electron chi connectivity index (χ2n) is 7.74. The quantitative estimate of drug-likeness (QED) is 0.328. The Morgan fingerprint density at radius 3 is 2.67 bits per heavy atom. The number of hydrogen-bond donors (Lipinski definition) is 2. The molecule has 0 spiro atoms. The molecule has 1 fully saturated rings. The molecule has 6 heteroatoms. The molecule has 1 aliphatic rings. The Morgan fingerprint density at radius 1 is 1.26 bits per heavy atom. The lowest BCUT2D eigenvalue weighted by molar-refractivity contribution is 0.414. The van der Waals surface area contributed by atoms with Gasteiger partial charge in [0.25, 0.3) is 0 Å². The third-order valence-corrected chi connectivity index (χ3v) is 5.05. The summed E-state index contributed by atoms with van der Waals surface area (Å²) in [6.07, 6.45) is 3.59. The van der Waals surface area contributed by atoms with Crippen LogP contribution in [-0.4, -0.2) is 45.8 Å². The Labute approximate surface area is 182 Å². The number of guanidine groups is 1. The number of anilines is 1. The van der Waals surface area contributed by atoms with Crippen LogP contribution in [0.4, 0.5) is 5.69 Å². The average Bonchev–Trinajstić information content (AvgIpc) is 3.12. The molecule has 27 heavy (non-hydrogen) atoms. The molecule has 0 amide bonds. The molecule has 154 valence electrons. The van der Waals surface area contributed by atoms with Gasteiger partial charge in [0.05, 0.1) is 12.8 Å². The number of methoxy groups -OCH3 is 1. The zero-order valence-corrected chi connectivity index (χ0v) is 19.8. The van der Waals surface area contributed by atoms with Crippen molar-refractivity contribution in [2.45, 2.75) is 46.1 Å². The van der Waals surface area contributed by atoms with Gasteiger partial charge in [-0.15, -0.1) is 24.0 Å². The first-order chi connectivity index (χ1) is 12.5. The van der Waals surface area contributed by atoms with Crippen molar-refractivity contribution < 1.29 is 4.74 Å². The van der Waals surface area contributed by atoms with E-state index >= 15 is 0 Å². The van der Waals surface area contributed by atoms with Crippen LogP contribution in [0.3, 0.4) is 0 Å². The van der Waals surface area contributed by atoms with Crippen molar-refractivity contribution in [2.75, 3.05) is 38.7 Å². The standard InChI is InChI=1S/C21H36N4O.HI/c1-16(2)10-11-17(3)24-21(22-4)23-14-18-12-13-25(15-18)19-8-6-7-9-20(19)26-5;/h6-9,16-18H,10-15H2,1-5H3,(H2,22,23,24);1H. The molecule has 1 heterocycles. The number of ether oxygens (including phenoxy) is 1. The zero-order chi connectivity index (χ0) is 18.9. The molecule has 1 saturated heterocycles. The number of nitrogens with one attached hydrogen (secondary N) is 2. The summed E-state index contributed by atoms with van der Waals surface area (Å²) in [5, 5.41) is 7.02. The summed E-state index contributed by atoms with van der Waals surface area (Å²) in [5.74, 6) is 3.23. The van der Waals surface area contributed by atoms with Gasteiger partial charge in [0.1, 0.15) is 5.75 Å². The van der Waals surface area contributed by atoms with Crippen LogP contribution in [0.5, 0.6) is 5.75 Å². The van der Waals surface area contributed by atoms with Crippen LogP contribution in [0.15, 0.2) is 29.3 Å². The van der Waals surface area contributed by atoms with Crippen molar-refractivity contribution in [3.63, 3.8) is 0 Å². The van der Waals surface area contributed by atoms with E-state index in [1.807, 2.05) is 19.2 Å². The number of rotatable bonds is 8. The SMILES string of the molecule is CN=C(NCC1CCN(c2ccccc2OC)C1)NC(C)CCC(C)C.I. The lowest BCUT2D eigenvalue weighted by Gasteiger charge is -2.22. The van der Waals surface area contributed by atoms with Crippen LogP contribution in [0.25, 0.3) is 0 Å². The second-order valence-corrected chi connectivity index (χ2v) is 7.74. The fraction of sp³-hybridized carbons (Fsp3) is 0.667. The first-order valence-electron chi connectivity index (χ1n) is 9.88. The maximum Gasteiger partial charge on any atom is 0.191 e. The molecule has 0 radical (unpaired) electrons. The number of aliphatic imine (C=N–C) groups is 1. The minimum atomic E-state index is 0. The Morgan fingerprint density at radius 2 is 2.00 bits per heavy atom. The van der Waals surface area contributed by atoms with Crippen LogP contribution < -0.4 is 20.3 Å². The monoisotopic (exact) mass is 488 g/mol. The number of halogens is 1. The molecule has 0 saturated carbocycles. The average molecular weight is 488 g/mol. The fourth-order valence-electron chi connectivity index (χ4n) is 3.43. The van der Waals surface area contributed by atoms with E-state index in [0.29, 0.717) is 12.0 Å². The number of hydrogen-bond acceptors (Lipinski definition) is 3. The largest absolute Gasteiger partial charge is 0.495 e. The summed E-state index contributed by atoms with van der Waals surface area (Å²) in [6.45, 7) is 9.84. The van der Waals surface area contributed by atoms with Crippen molar-refractivity contribution in [1.29, 1.82) is 0 Å². The molecule has 5 nitrogen and oxygen atoms in total. The molecule has 0 bridgehead atoms. The minimum absolute atomic E-state index is 0. The van der Waals surface area contributed by atoms with Gasteiger partial charge >= 0.3 is 0 Å². The smallest absolute Gasteiger partial charge is 0.191 e. The summed E-state index contributed by atoms with van der Waals surface area (Å²) in [5.41, 5.74) is 1.20. The molecular formula is C21H37IN4O. The van der Waals surface area contributed by atoms with Crippen molar-refractivity contribution in [1.82, 2.24) is 10.6 Å². The first-order valence-corrected chi connectivity index (χ1v) is 9.88. The highest BCUT2D eigenvalue weighted by Crippen LogP contribution is 2.31. The summed E-state index contributed by atoms with van der Waals surface area (Å²) in [4.78, 5) is 6.80. The highest BCUT2D eigenvalue weighted by Gasteiger charge is 2.24. The fourth-order valence-corrected chi connectivity index (χ4v) is 3.43.